The first kappa shape index (κ1) is 28.8. The molecular formula is C25H39N7O4. The Morgan fingerprint density at radius 1 is 1.11 bits per heavy atom. The third-order valence-electron chi connectivity index (χ3n) is 5.58. The standard InChI is InChI=1S/C25H39N7O4/c1-6-17(9-11-35-4)29-24-20(7-2)31-22(23(26)34)25(32-24)30-18-12-16(13-19(14-18)36-5)8-10-28-21(33)15-27-3/h12-14,17,27H,6-11,15H2,1-5H3,(H2,26,34)(H,28,33)(H2,29,30,32). The lowest BCUT2D eigenvalue weighted by Crippen LogP contribution is -2.33. The number of nitrogens with one attached hydrogen (secondary N) is 4. The van der Waals surface area contributed by atoms with Crippen LogP contribution < -0.4 is 31.7 Å². The van der Waals surface area contributed by atoms with Gasteiger partial charge in [-0.05, 0) is 50.4 Å². The van der Waals surface area contributed by atoms with Gasteiger partial charge in [-0.25, -0.2) is 9.97 Å². The summed E-state index contributed by atoms with van der Waals surface area (Å²) in [5.41, 5.74) is 7.96. The highest BCUT2D eigenvalue weighted by molar-refractivity contribution is 5.96. The molecule has 198 valence electrons. The average molecular weight is 502 g/mol. The highest BCUT2D eigenvalue weighted by Gasteiger charge is 2.19. The summed E-state index contributed by atoms with van der Waals surface area (Å²) >= 11 is 0. The Labute approximate surface area is 212 Å². The van der Waals surface area contributed by atoms with Gasteiger partial charge in [-0.3, -0.25) is 9.59 Å². The summed E-state index contributed by atoms with van der Waals surface area (Å²) in [6.45, 7) is 5.38. The number of hydrogen-bond donors (Lipinski definition) is 5. The number of hydrogen-bond acceptors (Lipinski definition) is 9. The molecule has 0 aliphatic carbocycles. The number of anilines is 3. The number of nitrogens with two attached hydrogens (primary N) is 1. The van der Waals surface area contributed by atoms with E-state index in [1.54, 1.807) is 27.3 Å². The highest BCUT2D eigenvalue weighted by Crippen LogP contribution is 2.27. The second-order valence-corrected chi connectivity index (χ2v) is 8.29. The summed E-state index contributed by atoms with van der Waals surface area (Å²) in [4.78, 5) is 33.2. The maximum absolute atomic E-state index is 12.2. The minimum Gasteiger partial charge on any atom is -0.497 e. The number of aromatic nitrogens is 2. The normalized spacial score (nSPS) is 11.6. The van der Waals surface area contributed by atoms with E-state index in [0.717, 1.165) is 18.4 Å². The third kappa shape index (κ3) is 8.65. The number of rotatable bonds is 16. The SMILES string of the molecule is CCc1nc(C(N)=O)c(Nc2cc(CCNC(=O)CNC)cc(OC)c2)nc1NC(CC)CCOC. The van der Waals surface area contributed by atoms with Crippen LogP contribution in [0.5, 0.6) is 5.75 Å². The summed E-state index contributed by atoms with van der Waals surface area (Å²) in [5, 5.41) is 12.3. The van der Waals surface area contributed by atoms with Crippen LogP contribution >= 0.6 is 0 Å². The Hall–Kier alpha value is -3.44. The number of ether oxygens (including phenoxy) is 2. The van der Waals surface area contributed by atoms with Crippen LogP contribution in [0.4, 0.5) is 17.3 Å². The zero-order valence-electron chi connectivity index (χ0n) is 21.9. The van der Waals surface area contributed by atoms with E-state index in [9.17, 15) is 9.59 Å². The van der Waals surface area contributed by atoms with E-state index in [0.29, 0.717) is 48.9 Å². The van der Waals surface area contributed by atoms with Crippen LogP contribution in [0.2, 0.25) is 0 Å². The molecule has 6 N–H and O–H groups in total. The van der Waals surface area contributed by atoms with E-state index < -0.39 is 5.91 Å². The molecule has 1 unspecified atom stereocenters. The third-order valence-corrected chi connectivity index (χ3v) is 5.58. The topological polar surface area (TPSA) is 153 Å². The lowest BCUT2D eigenvalue weighted by Gasteiger charge is -2.20. The predicted octanol–water partition coefficient (Wildman–Crippen LogP) is 2.00. The van der Waals surface area contributed by atoms with Gasteiger partial charge >= 0.3 is 0 Å². The molecule has 0 spiro atoms. The summed E-state index contributed by atoms with van der Waals surface area (Å²) in [6.07, 6.45) is 2.86. The fourth-order valence-corrected chi connectivity index (χ4v) is 3.62. The van der Waals surface area contributed by atoms with Crippen molar-refractivity contribution < 1.29 is 19.1 Å². The van der Waals surface area contributed by atoms with E-state index in [2.05, 4.69) is 33.2 Å². The second kappa shape index (κ2) is 14.8. The van der Waals surface area contributed by atoms with E-state index in [1.807, 2.05) is 19.1 Å². The van der Waals surface area contributed by atoms with Gasteiger partial charge in [-0.2, -0.15) is 0 Å². The molecule has 0 radical (unpaired) electrons. The Morgan fingerprint density at radius 2 is 1.89 bits per heavy atom. The van der Waals surface area contributed by atoms with Crippen LogP contribution in [0.25, 0.3) is 0 Å². The summed E-state index contributed by atoms with van der Waals surface area (Å²) in [7, 11) is 4.97. The molecule has 2 aromatic rings. The highest BCUT2D eigenvalue weighted by atomic mass is 16.5. The van der Waals surface area contributed by atoms with Gasteiger partial charge in [0, 0.05) is 38.1 Å². The number of primary amides is 1. The van der Waals surface area contributed by atoms with Crippen LogP contribution in [0.3, 0.4) is 0 Å². The van der Waals surface area contributed by atoms with Crippen LogP contribution in [0, 0.1) is 0 Å². The Bertz CT molecular complexity index is 1020. The molecule has 1 aromatic heterocycles. The molecule has 2 amide bonds. The first-order valence-electron chi connectivity index (χ1n) is 12.2. The van der Waals surface area contributed by atoms with E-state index in [1.165, 1.54) is 0 Å². The average Bonchev–Trinajstić information content (AvgIpc) is 2.86. The monoisotopic (exact) mass is 501 g/mol. The van der Waals surface area contributed by atoms with Crippen molar-refractivity contribution in [3.05, 3.63) is 35.2 Å². The van der Waals surface area contributed by atoms with Gasteiger partial charge in [0.2, 0.25) is 5.91 Å². The smallest absolute Gasteiger partial charge is 0.271 e. The molecule has 0 fully saturated rings. The number of benzene rings is 1. The van der Waals surface area contributed by atoms with Crippen molar-refractivity contribution in [2.45, 2.75) is 45.6 Å². The van der Waals surface area contributed by atoms with Gasteiger partial charge in [0.25, 0.3) is 5.91 Å². The minimum atomic E-state index is -0.673. The molecule has 0 bridgehead atoms. The molecule has 0 aliphatic rings. The largest absolute Gasteiger partial charge is 0.497 e. The molecule has 0 aliphatic heterocycles. The van der Waals surface area contributed by atoms with E-state index in [4.69, 9.17) is 20.2 Å². The zero-order valence-corrected chi connectivity index (χ0v) is 21.9. The number of aryl methyl sites for hydroxylation is 1. The van der Waals surface area contributed by atoms with Crippen molar-refractivity contribution in [2.75, 3.05) is 51.6 Å². The van der Waals surface area contributed by atoms with Crippen molar-refractivity contribution in [2.24, 2.45) is 5.73 Å². The molecule has 36 heavy (non-hydrogen) atoms. The number of carbonyl (C=O) groups is 2. The summed E-state index contributed by atoms with van der Waals surface area (Å²) < 4.78 is 10.7. The summed E-state index contributed by atoms with van der Waals surface area (Å²) in [5.74, 6) is 0.730. The van der Waals surface area contributed by atoms with Gasteiger partial charge in [-0.15, -0.1) is 0 Å². The molecular weight excluding hydrogens is 462 g/mol. The van der Waals surface area contributed by atoms with Crippen molar-refractivity contribution >= 4 is 29.1 Å². The van der Waals surface area contributed by atoms with Crippen molar-refractivity contribution in [1.82, 2.24) is 20.6 Å². The number of carbonyl (C=O) groups excluding carboxylic acids is 2. The van der Waals surface area contributed by atoms with Gasteiger partial charge in [0.15, 0.2) is 17.3 Å². The number of amides is 2. The lowest BCUT2D eigenvalue weighted by molar-refractivity contribution is -0.120. The molecule has 11 nitrogen and oxygen atoms in total. The first-order valence-corrected chi connectivity index (χ1v) is 12.2. The minimum absolute atomic E-state index is 0.0611. The second-order valence-electron chi connectivity index (χ2n) is 8.29. The van der Waals surface area contributed by atoms with Crippen LogP contribution in [0.15, 0.2) is 18.2 Å². The Balaban J connectivity index is 2.35. The molecule has 1 aromatic carbocycles. The van der Waals surface area contributed by atoms with E-state index in [-0.39, 0.29) is 30.0 Å². The molecule has 11 heteroatoms. The predicted molar refractivity (Wildman–Crippen MR) is 141 cm³/mol. The number of methoxy groups -OCH3 is 2. The van der Waals surface area contributed by atoms with Crippen LogP contribution in [-0.2, 0) is 22.4 Å². The Morgan fingerprint density at radius 3 is 2.50 bits per heavy atom. The van der Waals surface area contributed by atoms with Crippen molar-refractivity contribution in [3.63, 3.8) is 0 Å². The fourth-order valence-electron chi connectivity index (χ4n) is 3.62. The maximum atomic E-state index is 12.2. The maximum Gasteiger partial charge on any atom is 0.271 e. The van der Waals surface area contributed by atoms with Crippen LogP contribution in [0.1, 0.15) is 48.4 Å². The number of likely N-dealkylation sites (N-methyl/N-ethyl adjacent to an activating group) is 1. The zero-order chi connectivity index (χ0) is 26.5. The first-order chi connectivity index (χ1) is 17.3. The lowest BCUT2D eigenvalue weighted by atomic mass is 10.1. The summed E-state index contributed by atoms with van der Waals surface area (Å²) in [6, 6.07) is 5.74. The molecule has 1 heterocycles. The fraction of sp³-hybridized carbons (Fsp3) is 0.520. The van der Waals surface area contributed by atoms with Gasteiger partial charge in [0.1, 0.15) is 5.75 Å². The van der Waals surface area contributed by atoms with Crippen LogP contribution in [-0.4, -0.2) is 68.8 Å². The van der Waals surface area contributed by atoms with Gasteiger partial charge < -0.3 is 36.5 Å². The van der Waals surface area contributed by atoms with Crippen molar-refractivity contribution in [3.8, 4) is 5.75 Å². The van der Waals surface area contributed by atoms with E-state index >= 15 is 0 Å². The van der Waals surface area contributed by atoms with Crippen molar-refractivity contribution in [1.29, 1.82) is 0 Å². The van der Waals surface area contributed by atoms with Gasteiger partial charge in [-0.1, -0.05) is 13.8 Å². The number of nitrogens with zero attached hydrogens (tertiary/aromatic N) is 2. The Kier molecular flexibility index (Phi) is 11.9. The molecule has 0 saturated carbocycles. The molecule has 2 rings (SSSR count). The molecule has 0 saturated heterocycles. The molecule has 1 atom stereocenters. The quantitative estimate of drug-likeness (QED) is 0.232. The van der Waals surface area contributed by atoms with Gasteiger partial charge in [0.05, 0.1) is 19.3 Å².